The van der Waals surface area contributed by atoms with Crippen LogP contribution in [0, 0.1) is 0 Å². The SMILES string of the molecule is CC(C)c1cccc(N2CCN(C(=O)[C@H](C)O)CC2(C)C)c1. The van der Waals surface area contributed by atoms with E-state index in [1.807, 2.05) is 0 Å². The van der Waals surface area contributed by atoms with Crippen LogP contribution in [0.5, 0.6) is 0 Å². The maximum absolute atomic E-state index is 12.0. The first-order chi connectivity index (χ1) is 10.2. The average Bonchev–Trinajstić information content (AvgIpc) is 2.45. The Kier molecular flexibility index (Phi) is 4.81. The zero-order valence-corrected chi connectivity index (χ0v) is 14.3. The number of carbonyl (C=O) groups excluding carboxylic acids is 1. The van der Waals surface area contributed by atoms with Crippen molar-refractivity contribution in [3.8, 4) is 0 Å². The van der Waals surface area contributed by atoms with Gasteiger partial charge in [0.1, 0.15) is 6.10 Å². The van der Waals surface area contributed by atoms with Gasteiger partial charge in [-0.05, 0) is 44.4 Å². The molecule has 1 aliphatic heterocycles. The standard InChI is InChI=1S/C18H28N2O2/c1-13(2)15-7-6-8-16(11-15)20-10-9-19(12-18(20,4)5)17(22)14(3)21/h6-8,11,13-14,21H,9-10,12H2,1-5H3/t14-/m0/s1. The van der Waals surface area contributed by atoms with Gasteiger partial charge in [-0.1, -0.05) is 26.0 Å². The summed E-state index contributed by atoms with van der Waals surface area (Å²) in [5, 5.41) is 9.52. The Morgan fingerprint density at radius 1 is 1.23 bits per heavy atom. The highest BCUT2D eigenvalue weighted by atomic mass is 16.3. The molecule has 1 amide bonds. The van der Waals surface area contributed by atoms with Crippen molar-refractivity contribution in [2.45, 2.75) is 52.2 Å². The minimum atomic E-state index is -0.924. The molecule has 122 valence electrons. The molecule has 1 saturated heterocycles. The number of piperazine rings is 1. The van der Waals surface area contributed by atoms with Crippen LogP contribution in [0.3, 0.4) is 0 Å². The van der Waals surface area contributed by atoms with Crippen molar-refractivity contribution in [2.24, 2.45) is 0 Å². The molecule has 1 aliphatic rings. The number of aliphatic hydroxyl groups is 1. The first kappa shape index (κ1) is 16.8. The molecule has 22 heavy (non-hydrogen) atoms. The van der Waals surface area contributed by atoms with Crippen LogP contribution in [0.2, 0.25) is 0 Å². The van der Waals surface area contributed by atoms with E-state index in [9.17, 15) is 9.90 Å². The quantitative estimate of drug-likeness (QED) is 0.933. The third kappa shape index (κ3) is 3.43. The lowest BCUT2D eigenvalue weighted by atomic mass is 9.95. The normalized spacial score (nSPS) is 19.4. The highest BCUT2D eigenvalue weighted by Crippen LogP contribution is 2.30. The molecule has 1 N–H and O–H groups in total. The van der Waals surface area contributed by atoms with E-state index >= 15 is 0 Å². The van der Waals surface area contributed by atoms with E-state index in [4.69, 9.17) is 0 Å². The maximum Gasteiger partial charge on any atom is 0.251 e. The molecule has 1 heterocycles. The van der Waals surface area contributed by atoms with Gasteiger partial charge in [0, 0.05) is 25.3 Å². The number of hydrogen-bond donors (Lipinski definition) is 1. The Morgan fingerprint density at radius 3 is 2.45 bits per heavy atom. The maximum atomic E-state index is 12.0. The van der Waals surface area contributed by atoms with E-state index in [0.29, 0.717) is 19.0 Å². The number of aliphatic hydroxyl groups excluding tert-OH is 1. The minimum absolute atomic E-state index is 0.154. The monoisotopic (exact) mass is 304 g/mol. The molecule has 0 spiro atoms. The molecule has 0 radical (unpaired) electrons. The van der Waals surface area contributed by atoms with Gasteiger partial charge < -0.3 is 14.9 Å². The van der Waals surface area contributed by atoms with Gasteiger partial charge in [-0.25, -0.2) is 0 Å². The van der Waals surface area contributed by atoms with Crippen LogP contribution in [-0.2, 0) is 4.79 Å². The lowest BCUT2D eigenvalue weighted by Crippen LogP contribution is -2.61. The second-order valence-electron chi connectivity index (χ2n) is 7.15. The minimum Gasteiger partial charge on any atom is -0.384 e. The highest BCUT2D eigenvalue weighted by molar-refractivity contribution is 5.80. The summed E-state index contributed by atoms with van der Waals surface area (Å²) < 4.78 is 0. The molecule has 1 aromatic rings. The van der Waals surface area contributed by atoms with Gasteiger partial charge in [0.15, 0.2) is 0 Å². The number of anilines is 1. The first-order valence-electron chi connectivity index (χ1n) is 8.07. The molecule has 0 saturated carbocycles. The van der Waals surface area contributed by atoms with Crippen LogP contribution >= 0.6 is 0 Å². The summed E-state index contributed by atoms with van der Waals surface area (Å²) in [7, 11) is 0. The van der Waals surface area contributed by atoms with Gasteiger partial charge >= 0.3 is 0 Å². The van der Waals surface area contributed by atoms with Crippen LogP contribution in [0.1, 0.15) is 46.1 Å². The highest BCUT2D eigenvalue weighted by Gasteiger charge is 2.36. The summed E-state index contributed by atoms with van der Waals surface area (Å²) in [4.78, 5) is 16.2. The molecular weight excluding hydrogens is 276 g/mol. The van der Waals surface area contributed by atoms with Crippen LogP contribution in [0.15, 0.2) is 24.3 Å². The number of nitrogens with zero attached hydrogens (tertiary/aromatic N) is 2. The zero-order chi connectivity index (χ0) is 16.5. The molecule has 4 heteroatoms. The number of hydrogen-bond acceptors (Lipinski definition) is 3. The van der Waals surface area contributed by atoms with E-state index in [2.05, 4.69) is 56.9 Å². The van der Waals surface area contributed by atoms with Crippen molar-refractivity contribution in [1.82, 2.24) is 4.90 Å². The van der Waals surface area contributed by atoms with Crippen molar-refractivity contribution in [2.75, 3.05) is 24.5 Å². The molecule has 4 nitrogen and oxygen atoms in total. The lowest BCUT2D eigenvalue weighted by molar-refractivity contribution is -0.140. The average molecular weight is 304 g/mol. The fourth-order valence-electron chi connectivity index (χ4n) is 3.14. The van der Waals surface area contributed by atoms with Gasteiger partial charge in [0.25, 0.3) is 5.91 Å². The molecule has 0 unspecified atom stereocenters. The smallest absolute Gasteiger partial charge is 0.251 e. The number of rotatable bonds is 3. The Balaban J connectivity index is 2.20. The Labute approximate surface area is 133 Å². The summed E-state index contributed by atoms with van der Waals surface area (Å²) in [5.41, 5.74) is 2.38. The van der Waals surface area contributed by atoms with E-state index in [-0.39, 0.29) is 11.4 Å². The predicted molar refractivity (Wildman–Crippen MR) is 90.2 cm³/mol. The zero-order valence-electron chi connectivity index (χ0n) is 14.3. The van der Waals surface area contributed by atoms with Gasteiger partial charge in [-0.2, -0.15) is 0 Å². The fraction of sp³-hybridized carbons (Fsp3) is 0.611. The molecular formula is C18H28N2O2. The molecule has 2 rings (SSSR count). The summed E-state index contributed by atoms with van der Waals surface area (Å²) in [6.45, 7) is 12.3. The topological polar surface area (TPSA) is 43.8 Å². The van der Waals surface area contributed by atoms with Gasteiger partial charge in [-0.15, -0.1) is 0 Å². The Bertz CT molecular complexity index is 538. The summed E-state index contributed by atoms with van der Waals surface area (Å²) in [6.07, 6.45) is -0.924. The van der Waals surface area contributed by atoms with Gasteiger partial charge in [0.05, 0.1) is 5.54 Å². The second kappa shape index (κ2) is 6.29. The van der Waals surface area contributed by atoms with Crippen LogP contribution in [0.25, 0.3) is 0 Å². The van der Waals surface area contributed by atoms with Crippen molar-refractivity contribution in [3.05, 3.63) is 29.8 Å². The van der Waals surface area contributed by atoms with Gasteiger partial charge in [-0.3, -0.25) is 4.79 Å². The third-order valence-corrected chi connectivity index (χ3v) is 4.42. The molecule has 0 aromatic heterocycles. The first-order valence-corrected chi connectivity index (χ1v) is 8.07. The van der Waals surface area contributed by atoms with E-state index in [1.165, 1.54) is 18.2 Å². The second-order valence-corrected chi connectivity index (χ2v) is 7.15. The van der Waals surface area contributed by atoms with E-state index < -0.39 is 6.10 Å². The number of benzene rings is 1. The van der Waals surface area contributed by atoms with Crippen molar-refractivity contribution in [3.63, 3.8) is 0 Å². The lowest BCUT2D eigenvalue weighted by Gasteiger charge is -2.48. The predicted octanol–water partition coefficient (Wildman–Crippen LogP) is 2.62. The number of carbonyl (C=O) groups is 1. The van der Waals surface area contributed by atoms with Crippen molar-refractivity contribution < 1.29 is 9.90 Å². The summed E-state index contributed by atoms with van der Waals surface area (Å²) in [5.74, 6) is 0.324. The largest absolute Gasteiger partial charge is 0.384 e. The summed E-state index contributed by atoms with van der Waals surface area (Å²) in [6, 6.07) is 8.65. The molecule has 0 aliphatic carbocycles. The van der Waals surface area contributed by atoms with Crippen LogP contribution in [0.4, 0.5) is 5.69 Å². The van der Waals surface area contributed by atoms with Crippen LogP contribution < -0.4 is 4.90 Å². The van der Waals surface area contributed by atoms with Crippen molar-refractivity contribution >= 4 is 11.6 Å². The Hall–Kier alpha value is -1.55. The van der Waals surface area contributed by atoms with Crippen molar-refractivity contribution in [1.29, 1.82) is 0 Å². The third-order valence-electron chi connectivity index (χ3n) is 4.42. The fourth-order valence-corrected chi connectivity index (χ4v) is 3.14. The van der Waals surface area contributed by atoms with E-state index in [0.717, 1.165) is 6.54 Å². The summed E-state index contributed by atoms with van der Waals surface area (Å²) >= 11 is 0. The van der Waals surface area contributed by atoms with E-state index in [1.54, 1.807) is 4.90 Å². The van der Waals surface area contributed by atoms with Crippen LogP contribution in [-0.4, -0.2) is 47.2 Å². The molecule has 1 aromatic carbocycles. The number of amides is 1. The Morgan fingerprint density at radius 2 is 1.91 bits per heavy atom. The molecule has 1 fully saturated rings. The van der Waals surface area contributed by atoms with Gasteiger partial charge in [0.2, 0.25) is 0 Å². The molecule has 0 bridgehead atoms. The molecule has 1 atom stereocenters.